The van der Waals surface area contributed by atoms with E-state index < -0.39 is 29.3 Å². The van der Waals surface area contributed by atoms with Crippen LogP contribution in [-0.2, 0) is 53.3 Å². The SMILES string of the molecule is CC#CC(=O)N1CC[C@H](C(=O)N(C)[C@H](C(=O)N[C@@H](Cc2cccc(-c3ccc4c(c3)c(CC(C)(C)COC(=O)[C@@H]3CCCNN3)c(C3=C([C@H](C)OC)N=CCC3)n4C)c2)C(C)=O)C(C)C)C1. The molecular formula is C52H69N7O7. The fourth-order valence-electron chi connectivity index (χ4n) is 9.63. The fraction of sp³-hybridized carbons (Fsp3) is 0.538. The van der Waals surface area contributed by atoms with Crippen molar-refractivity contribution in [2.75, 3.05) is 40.4 Å². The number of Topliss-reactive ketones (excluding diaryl/α,β-unsaturated/α-hetero) is 1. The number of aromatic nitrogens is 1. The number of carbonyl (C=O) groups excluding carboxylic acids is 5. The number of nitrogens with zero attached hydrogens (tertiary/aromatic N) is 4. The van der Waals surface area contributed by atoms with Gasteiger partial charge < -0.3 is 29.2 Å². The lowest BCUT2D eigenvalue weighted by Crippen LogP contribution is -2.55. The topological polar surface area (TPSA) is 164 Å². The van der Waals surface area contributed by atoms with E-state index in [0.717, 1.165) is 82.3 Å². The summed E-state index contributed by atoms with van der Waals surface area (Å²) in [6.45, 7) is 14.9. The largest absolute Gasteiger partial charge is 0.464 e. The molecule has 0 bridgehead atoms. The molecule has 14 heteroatoms. The van der Waals surface area contributed by atoms with Crippen molar-refractivity contribution in [2.24, 2.45) is 29.3 Å². The predicted molar refractivity (Wildman–Crippen MR) is 258 cm³/mol. The van der Waals surface area contributed by atoms with Crippen LogP contribution < -0.4 is 16.2 Å². The summed E-state index contributed by atoms with van der Waals surface area (Å²) in [5.74, 6) is 3.10. The number of hydrogen-bond donors (Lipinski definition) is 3. The molecule has 14 nitrogen and oxygen atoms in total. The minimum Gasteiger partial charge on any atom is -0.464 e. The molecule has 0 radical (unpaired) electrons. The molecule has 66 heavy (non-hydrogen) atoms. The lowest BCUT2D eigenvalue weighted by molar-refractivity contribution is -0.150. The number of ketones is 1. The zero-order valence-electron chi connectivity index (χ0n) is 40.5. The molecule has 2 fully saturated rings. The van der Waals surface area contributed by atoms with E-state index in [9.17, 15) is 24.0 Å². The van der Waals surface area contributed by atoms with Crippen molar-refractivity contribution in [1.29, 1.82) is 0 Å². The van der Waals surface area contributed by atoms with Crippen LogP contribution >= 0.6 is 0 Å². The van der Waals surface area contributed by atoms with E-state index in [1.165, 1.54) is 11.8 Å². The third-order valence-corrected chi connectivity index (χ3v) is 13.2. The molecule has 0 spiro atoms. The maximum Gasteiger partial charge on any atom is 0.324 e. The summed E-state index contributed by atoms with van der Waals surface area (Å²) >= 11 is 0. The molecule has 0 aliphatic carbocycles. The number of likely N-dealkylation sites (N-methyl/N-ethyl adjacent to an activating group) is 1. The number of methoxy groups -OCH3 is 1. The van der Waals surface area contributed by atoms with E-state index in [2.05, 4.69) is 77.7 Å². The quantitative estimate of drug-likeness (QED) is 0.112. The van der Waals surface area contributed by atoms with Crippen molar-refractivity contribution in [2.45, 2.75) is 118 Å². The second-order valence-corrected chi connectivity index (χ2v) is 19.3. The Kier molecular flexibility index (Phi) is 16.4. The maximum atomic E-state index is 14.0. The highest BCUT2D eigenvalue weighted by molar-refractivity contribution is 5.96. The summed E-state index contributed by atoms with van der Waals surface area (Å²) < 4.78 is 14.1. The zero-order chi connectivity index (χ0) is 47.9. The van der Waals surface area contributed by atoms with E-state index in [4.69, 9.17) is 14.5 Å². The van der Waals surface area contributed by atoms with Crippen LogP contribution in [0.5, 0.6) is 0 Å². The second kappa shape index (κ2) is 21.8. The molecule has 3 aliphatic heterocycles. The summed E-state index contributed by atoms with van der Waals surface area (Å²) in [5.41, 5.74) is 13.9. The van der Waals surface area contributed by atoms with Crippen molar-refractivity contribution >= 4 is 52.2 Å². The third-order valence-electron chi connectivity index (χ3n) is 13.2. The highest BCUT2D eigenvalue weighted by Gasteiger charge is 2.38. The van der Waals surface area contributed by atoms with Crippen LogP contribution in [0.25, 0.3) is 27.6 Å². The number of rotatable bonds is 17. The first kappa shape index (κ1) is 49.8. The molecule has 5 atom stereocenters. The van der Waals surface area contributed by atoms with Gasteiger partial charge in [-0.25, -0.2) is 5.43 Å². The highest BCUT2D eigenvalue weighted by atomic mass is 16.5. The average molecular weight is 904 g/mol. The van der Waals surface area contributed by atoms with Crippen molar-refractivity contribution in [3.8, 4) is 23.0 Å². The first-order valence-corrected chi connectivity index (χ1v) is 23.4. The van der Waals surface area contributed by atoms with Crippen LogP contribution in [0.15, 0.2) is 53.2 Å². The Labute approximate surface area is 390 Å². The number of nitrogens with one attached hydrogen (secondary N) is 3. The van der Waals surface area contributed by atoms with E-state index in [-0.39, 0.29) is 61.2 Å². The van der Waals surface area contributed by atoms with Gasteiger partial charge in [-0.3, -0.25) is 34.4 Å². The second-order valence-electron chi connectivity index (χ2n) is 19.3. The van der Waals surface area contributed by atoms with Gasteiger partial charge >= 0.3 is 5.97 Å². The van der Waals surface area contributed by atoms with Gasteiger partial charge in [0.2, 0.25) is 11.8 Å². The highest BCUT2D eigenvalue weighted by Crippen LogP contribution is 2.41. The Morgan fingerprint density at radius 3 is 2.50 bits per heavy atom. The van der Waals surface area contributed by atoms with Gasteiger partial charge in [-0.2, -0.15) is 0 Å². The van der Waals surface area contributed by atoms with Crippen molar-refractivity contribution in [1.82, 2.24) is 30.5 Å². The molecule has 3 amide bonds. The zero-order valence-corrected chi connectivity index (χ0v) is 40.5. The number of amides is 3. The van der Waals surface area contributed by atoms with Crippen LogP contribution in [0.2, 0.25) is 0 Å². The molecule has 0 unspecified atom stereocenters. The summed E-state index contributed by atoms with van der Waals surface area (Å²) in [6.07, 6.45) is 6.37. The summed E-state index contributed by atoms with van der Waals surface area (Å²) in [4.78, 5) is 74.3. The Morgan fingerprint density at radius 2 is 1.82 bits per heavy atom. The number of likely N-dealkylation sites (tertiary alicyclic amines) is 1. The number of benzene rings is 2. The number of aliphatic imine (C=N–C) groups is 1. The van der Waals surface area contributed by atoms with E-state index in [0.29, 0.717) is 19.4 Å². The monoisotopic (exact) mass is 904 g/mol. The van der Waals surface area contributed by atoms with Crippen LogP contribution in [0.4, 0.5) is 0 Å². The number of hydrazine groups is 1. The van der Waals surface area contributed by atoms with Crippen molar-refractivity contribution < 1.29 is 33.4 Å². The number of carbonyl (C=O) groups is 5. The number of ether oxygens (including phenoxy) is 2. The molecule has 1 aromatic heterocycles. The molecule has 3 N–H and O–H groups in total. The smallest absolute Gasteiger partial charge is 0.324 e. The molecule has 6 rings (SSSR count). The van der Waals surface area contributed by atoms with Crippen molar-refractivity contribution in [3.05, 3.63) is 65.0 Å². The van der Waals surface area contributed by atoms with Gasteiger partial charge in [0.1, 0.15) is 12.1 Å². The molecular weight excluding hydrogens is 835 g/mol. The van der Waals surface area contributed by atoms with Gasteiger partial charge in [0, 0.05) is 74.6 Å². The molecule has 2 saturated heterocycles. The normalized spacial score (nSPS) is 19.0. The summed E-state index contributed by atoms with van der Waals surface area (Å²) in [5, 5.41) is 4.07. The van der Waals surface area contributed by atoms with Crippen LogP contribution in [-0.4, -0.2) is 115 Å². The third kappa shape index (κ3) is 11.5. The average Bonchev–Trinajstić information content (AvgIpc) is 3.90. The maximum absolute atomic E-state index is 14.0. The van der Waals surface area contributed by atoms with E-state index >= 15 is 0 Å². The standard InChI is InChI=1S/C52H69N7O7/c1-11-15-45(61)59-25-22-38(30-59)50(63)58(9)47(32(2)3)49(62)55-43(33(4)60)27-35-16-12-17-36(26-35)37-20-21-44-40(28-37)41(29-52(6,7)31-66-51(64)42-19-14-24-54-56-42)48(57(44)8)39-18-13-23-53-46(39)34(5)65-10/h12,16-17,20-21,23,26,28,32,34,38,42-43,47,54,56H,13-14,18-19,22,24-25,27,29-31H2,1-10H3,(H,55,62)/t34-,38-,42-,43-,47-/m0/s1. The van der Waals surface area contributed by atoms with Gasteiger partial charge in [0.15, 0.2) is 5.78 Å². The van der Waals surface area contributed by atoms with Gasteiger partial charge in [-0.05, 0) is 112 Å². The lowest BCUT2D eigenvalue weighted by Gasteiger charge is -2.33. The van der Waals surface area contributed by atoms with E-state index in [1.807, 2.05) is 45.2 Å². The lowest BCUT2D eigenvalue weighted by atomic mass is 9.83. The molecule has 3 aromatic rings. The molecule has 3 aliphatic rings. The van der Waals surface area contributed by atoms with Gasteiger partial charge in [-0.15, -0.1) is 0 Å². The number of esters is 1. The first-order valence-electron chi connectivity index (χ1n) is 23.4. The molecule has 354 valence electrons. The summed E-state index contributed by atoms with van der Waals surface area (Å²) in [7, 11) is 5.42. The fourth-order valence-corrected chi connectivity index (χ4v) is 9.63. The number of aryl methyl sites for hydroxylation is 1. The van der Waals surface area contributed by atoms with Crippen molar-refractivity contribution in [3.63, 3.8) is 0 Å². The molecule has 0 saturated carbocycles. The van der Waals surface area contributed by atoms with Gasteiger partial charge in [0.25, 0.3) is 5.91 Å². The minimum atomic E-state index is -0.827. The molecule has 4 heterocycles. The Morgan fingerprint density at radius 1 is 1.06 bits per heavy atom. The Balaban J connectivity index is 1.27. The number of fused-ring (bicyclic) bond motifs is 1. The van der Waals surface area contributed by atoms with E-state index in [1.54, 1.807) is 26.0 Å². The van der Waals surface area contributed by atoms with Crippen LogP contribution in [0, 0.1) is 29.1 Å². The Bertz CT molecular complexity index is 2430. The summed E-state index contributed by atoms with van der Waals surface area (Å²) in [6, 6.07) is 12.5. The van der Waals surface area contributed by atoms with Gasteiger partial charge in [-0.1, -0.05) is 63.9 Å². The number of allylic oxidation sites excluding steroid dienone is 1. The van der Waals surface area contributed by atoms with Gasteiger partial charge in [0.05, 0.1) is 30.4 Å². The number of hydrogen-bond acceptors (Lipinski definition) is 10. The van der Waals surface area contributed by atoms with Crippen LogP contribution in [0.1, 0.15) is 97.4 Å². The Hall–Kier alpha value is -5.62. The molecule has 2 aromatic carbocycles. The predicted octanol–water partition coefficient (Wildman–Crippen LogP) is 5.80. The first-order chi connectivity index (χ1) is 31.4. The van der Waals surface area contributed by atoms with Crippen LogP contribution in [0.3, 0.4) is 0 Å². The minimum absolute atomic E-state index is 0.196.